The summed E-state index contributed by atoms with van der Waals surface area (Å²) < 4.78 is 25.6. The highest BCUT2D eigenvalue weighted by Gasteiger charge is 2.18. The van der Waals surface area contributed by atoms with Gasteiger partial charge in [0.25, 0.3) is 0 Å². The Morgan fingerprint density at radius 3 is 2.32 bits per heavy atom. The first-order valence-corrected chi connectivity index (χ1v) is 8.97. The summed E-state index contributed by atoms with van der Waals surface area (Å²) >= 11 is 0. The second-order valence-corrected chi connectivity index (χ2v) is 7.60. The van der Waals surface area contributed by atoms with Crippen molar-refractivity contribution in [3.8, 4) is 0 Å². The molecule has 0 aliphatic rings. The molecule has 0 saturated carbocycles. The Morgan fingerprint density at radius 1 is 1.14 bits per heavy atom. The third-order valence-corrected chi connectivity index (χ3v) is 4.96. The van der Waals surface area contributed by atoms with E-state index >= 15 is 0 Å². The zero-order valence-corrected chi connectivity index (χ0v) is 14.2. The molecule has 124 valence electrons. The number of amides is 2. The number of hydrogen-bond donors (Lipinski definition) is 2. The minimum Gasteiger partial charge on any atom is -0.338 e. The maximum absolute atomic E-state index is 12.2. The molecule has 0 radical (unpaired) electrons. The lowest BCUT2D eigenvalue weighted by Crippen LogP contribution is -2.40. The predicted octanol–water partition coefficient (Wildman–Crippen LogP) is 1.80. The van der Waals surface area contributed by atoms with Crippen molar-refractivity contribution in [3.63, 3.8) is 0 Å². The van der Waals surface area contributed by atoms with Gasteiger partial charge in [-0.25, -0.2) is 13.2 Å². The number of carbonyl (C=O) groups is 1. The molecule has 0 spiro atoms. The summed E-state index contributed by atoms with van der Waals surface area (Å²) in [5, 5.41) is 5.27. The molecule has 0 heterocycles. The molecule has 7 heteroatoms. The first-order chi connectivity index (χ1) is 10.3. The fraction of sp³-hybridized carbons (Fsp3) is 0.533. The van der Waals surface area contributed by atoms with Gasteiger partial charge in [0.1, 0.15) is 0 Å². The van der Waals surface area contributed by atoms with Crippen molar-refractivity contribution >= 4 is 21.7 Å². The van der Waals surface area contributed by atoms with Gasteiger partial charge in [-0.2, -0.15) is 0 Å². The zero-order valence-electron chi connectivity index (χ0n) is 13.4. The first-order valence-electron chi connectivity index (χ1n) is 7.36. The van der Waals surface area contributed by atoms with E-state index in [1.165, 1.54) is 11.4 Å². The van der Waals surface area contributed by atoms with E-state index in [4.69, 9.17) is 0 Å². The van der Waals surface area contributed by atoms with Crippen LogP contribution in [0.3, 0.4) is 0 Å². The smallest absolute Gasteiger partial charge is 0.314 e. The molecular formula is C15H25N3O3S. The highest BCUT2D eigenvalue weighted by molar-refractivity contribution is 7.92. The van der Waals surface area contributed by atoms with E-state index < -0.39 is 10.0 Å². The van der Waals surface area contributed by atoms with Gasteiger partial charge in [-0.3, -0.25) is 4.31 Å². The molecular weight excluding hydrogens is 302 g/mol. The molecule has 0 aliphatic carbocycles. The van der Waals surface area contributed by atoms with E-state index in [-0.39, 0.29) is 18.3 Å². The van der Waals surface area contributed by atoms with Gasteiger partial charge in [0, 0.05) is 20.1 Å². The maximum atomic E-state index is 12.2. The highest BCUT2D eigenvalue weighted by atomic mass is 32.2. The molecule has 0 aliphatic heterocycles. The Bertz CT molecular complexity index is 559. The summed E-state index contributed by atoms with van der Waals surface area (Å²) in [4.78, 5) is 11.5. The number of hydrogen-bond acceptors (Lipinski definition) is 3. The number of carbonyl (C=O) groups excluding carboxylic acids is 1. The van der Waals surface area contributed by atoms with Crippen LogP contribution < -0.4 is 14.9 Å². The SMILES string of the molecule is CC(C)CCNC(=O)NCCS(=O)(=O)N(C)c1ccccc1. The minimum absolute atomic E-state index is 0.0764. The molecule has 22 heavy (non-hydrogen) atoms. The number of sulfonamides is 1. The molecule has 0 unspecified atom stereocenters. The third kappa shape index (κ3) is 6.34. The Hall–Kier alpha value is -1.76. The van der Waals surface area contributed by atoms with Gasteiger partial charge < -0.3 is 10.6 Å². The number of anilines is 1. The van der Waals surface area contributed by atoms with Crippen LogP contribution in [-0.4, -0.2) is 40.3 Å². The molecule has 6 nitrogen and oxygen atoms in total. The van der Waals surface area contributed by atoms with Gasteiger partial charge in [0.15, 0.2) is 0 Å². The second kappa shape index (κ2) is 8.63. The van der Waals surface area contributed by atoms with Crippen molar-refractivity contribution < 1.29 is 13.2 Å². The second-order valence-electron chi connectivity index (χ2n) is 5.48. The van der Waals surface area contributed by atoms with Gasteiger partial charge in [-0.15, -0.1) is 0 Å². The fourth-order valence-electron chi connectivity index (χ4n) is 1.77. The Morgan fingerprint density at radius 2 is 1.73 bits per heavy atom. The lowest BCUT2D eigenvalue weighted by molar-refractivity contribution is 0.241. The van der Waals surface area contributed by atoms with Crippen molar-refractivity contribution in [3.05, 3.63) is 30.3 Å². The van der Waals surface area contributed by atoms with Crippen molar-refractivity contribution in [2.45, 2.75) is 20.3 Å². The summed E-state index contributed by atoms with van der Waals surface area (Å²) in [6.45, 7) is 4.81. The summed E-state index contributed by atoms with van der Waals surface area (Å²) in [5.74, 6) is 0.371. The van der Waals surface area contributed by atoms with E-state index in [0.717, 1.165) is 6.42 Å². The molecule has 2 N–H and O–H groups in total. The van der Waals surface area contributed by atoms with E-state index in [1.54, 1.807) is 24.3 Å². The summed E-state index contributed by atoms with van der Waals surface area (Å²) in [6, 6.07) is 8.50. The zero-order chi connectivity index (χ0) is 16.6. The van der Waals surface area contributed by atoms with E-state index in [1.807, 2.05) is 6.07 Å². The number of nitrogens with zero attached hydrogens (tertiary/aromatic N) is 1. The highest BCUT2D eigenvalue weighted by Crippen LogP contribution is 2.14. The van der Waals surface area contributed by atoms with Gasteiger partial charge in [-0.1, -0.05) is 32.0 Å². The van der Waals surface area contributed by atoms with Crippen molar-refractivity contribution in [1.82, 2.24) is 10.6 Å². The summed E-state index contributed by atoms with van der Waals surface area (Å²) in [5.41, 5.74) is 0.601. The van der Waals surface area contributed by atoms with E-state index in [9.17, 15) is 13.2 Å². The summed E-state index contributed by atoms with van der Waals surface area (Å²) in [6.07, 6.45) is 0.891. The van der Waals surface area contributed by atoms with Crippen LogP contribution in [0.25, 0.3) is 0 Å². The number of rotatable bonds is 8. The molecule has 0 atom stereocenters. The van der Waals surface area contributed by atoms with Crippen LogP contribution in [0.2, 0.25) is 0 Å². The average molecular weight is 327 g/mol. The number of benzene rings is 1. The van der Waals surface area contributed by atoms with Crippen molar-refractivity contribution in [2.24, 2.45) is 5.92 Å². The van der Waals surface area contributed by atoms with Crippen LogP contribution in [0.5, 0.6) is 0 Å². The largest absolute Gasteiger partial charge is 0.338 e. The molecule has 1 aromatic rings. The van der Waals surface area contributed by atoms with Crippen molar-refractivity contribution in [2.75, 3.05) is 30.2 Å². The average Bonchev–Trinajstić information content (AvgIpc) is 2.46. The normalized spacial score (nSPS) is 11.3. The standard InChI is InChI=1S/C15H25N3O3S/c1-13(2)9-10-16-15(19)17-11-12-22(20,21)18(3)14-7-5-4-6-8-14/h4-8,13H,9-12H2,1-3H3,(H2,16,17,19). The van der Waals surface area contributed by atoms with Crippen LogP contribution in [0, 0.1) is 5.92 Å². The Balaban J connectivity index is 2.38. The van der Waals surface area contributed by atoms with Gasteiger partial charge in [0.2, 0.25) is 10.0 Å². The number of para-hydroxylation sites is 1. The van der Waals surface area contributed by atoms with Crippen LogP contribution in [0.4, 0.5) is 10.5 Å². The van der Waals surface area contributed by atoms with Crippen LogP contribution >= 0.6 is 0 Å². The van der Waals surface area contributed by atoms with Crippen LogP contribution in [0.1, 0.15) is 20.3 Å². The summed E-state index contributed by atoms with van der Waals surface area (Å²) in [7, 11) is -1.94. The molecule has 1 rings (SSSR count). The molecule has 0 fully saturated rings. The van der Waals surface area contributed by atoms with Gasteiger partial charge in [-0.05, 0) is 24.5 Å². The fourth-order valence-corrected chi connectivity index (χ4v) is 2.84. The molecule has 0 bridgehead atoms. The molecule has 2 amide bonds. The van der Waals surface area contributed by atoms with Crippen LogP contribution in [-0.2, 0) is 10.0 Å². The topological polar surface area (TPSA) is 78.5 Å². The Kier molecular flexibility index (Phi) is 7.17. The minimum atomic E-state index is -3.45. The quantitative estimate of drug-likeness (QED) is 0.764. The van der Waals surface area contributed by atoms with Crippen LogP contribution in [0.15, 0.2) is 30.3 Å². The maximum Gasteiger partial charge on any atom is 0.314 e. The number of nitrogens with one attached hydrogen (secondary N) is 2. The van der Waals surface area contributed by atoms with Crippen molar-refractivity contribution in [1.29, 1.82) is 0 Å². The van der Waals surface area contributed by atoms with Gasteiger partial charge >= 0.3 is 6.03 Å². The van der Waals surface area contributed by atoms with Gasteiger partial charge in [0.05, 0.1) is 11.4 Å². The number of urea groups is 1. The lowest BCUT2D eigenvalue weighted by Gasteiger charge is -2.19. The first kappa shape index (κ1) is 18.3. The van der Waals surface area contributed by atoms with E-state index in [2.05, 4.69) is 24.5 Å². The third-order valence-electron chi connectivity index (χ3n) is 3.19. The molecule has 1 aromatic carbocycles. The monoisotopic (exact) mass is 327 g/mol. The van der Waals surface area contributed by atoms with E-state index in [0.29, 0.717) is 18.2 Å². The lowest BCUT2D eigenvalue weighted by atomic mass is 10.1. The Labute approximate surface area is 132 Å². The molecule has 0 aromatic heterocycles. The predicted molar refractivity (Wildman–Crippen MR) is 89.5 cm³/mol. The molecule has 0 saturated heterocycles.